The van der Waals surface area contributed by atoms with Gasteiger partial charge in [-0.2, -0.15) is 0 Å². The largest absolute Gasteiger partial charge is 1.00 e. The van der Waals surface area contributed by atoms with E-state index in [9.17, 15) is 4.79 Å². The molecule has 7 heteroatoms. The number of allylic oxidation sites excluding steroid dienone is 3. The zero-order chi connectivity index (χ0) is 12.3. The fourth-order valence-corrected chi connectivity index (χ4v) is 8.79. The molecule has 2 nitrogen and oxygen atoms in total. The van der Waals surface area contributed by atoms with Crippen LogP contribution in [0.15, 0.2) is 20.0 Å². The average molecular weight is 356 g/mol. The third-order valence-electron chi connectivity index (χ3n) is 3.32. The fraction of sp³-hybridized carbons (Fsp3) is 0.545. The van der Waals surface area contributed by atoms with Crippen LogP contribution in [-0.2, 0) is 29.7 Å². The van der Waals surface area contributed by atoms with Crippen LogP contribution < -0.4 is 24.8 Å². The van der Waals surface area contributed by atoms with Gasteiger partial charge in [0.1, 0.15) is 0 Å². The molecule has 0 aromatic rings. The molecule has 1 aliphatic heterocycles. The second-order valence-corrected chi connectivity index (χ2v) is 15.3. The smallest absolute Gasteiger partial charge is 1.00 e. The van der Waals surface area contributed by atoms with Crippen molar-refractivity contribution >= 4 is 22.2 Å². The molecule has 0 aromatic heterocycles. The van der Waals surface area contributed by atoms with Crippen LogP contribution >= 0.6 is 0 Å². The fourth-order valence-electron chi connectivity index (χ4n) is 2.28. The van der Waals surface area contributed by atoms with Crippen molar-refractivity contribution in [2.75, 3.05) is 0 Å². The number of hydrogen-bond donors (Lipinski definition) is 0. The summed E-state index contributed by atoms with van der Waals surface area (Å²) < 4.78 is 6.97. The summed E-state index contributed by atoms with van der Waals surface area (Å²) >= 11 is 1.96. The van der Waals surface area contributed by atoms with E-state index >= 15 is 0 Å². The SMILES string of the molecule is CC[Si]1(C)C2=[C]([Ti+2])C(=O)C(O[Si](C)(C)C)=C21.[Cl-].[Cl-]. The van der Waals surface area contributed by atoms with Gasteiger partial charge in [0.05, 0.1) is 0 Å². The minimum atomic E-state index is -1.67. The molecule has 0 N–H and O–H groups in total. The second-order valence-electron chi connectivity index (χ2n) is 5.68. The van der Waals surface area contributed by atoms with Gasteiger partial charge in [0, 0.05) is 0 Å². The molecule has 0 saturated carbocycles. The predicted molar refractivity (Wildman–Crippen MR) is 65.6 cm³/mol. The molecule has 1 aliphatic carbocycles. The Hall–Kier alpha value is 0.678. The molecule has 1 saturated heterocycles. The summed E-state index contributed by atoms with van der Waals surface area (Å²) in [7, 11) is -3.03. The van der Waals surface area contributed by atoms with Crippen molar-refractivity contribution in [1.29, 1.82) is 0 Å². The molecule has 1 atom stereocenters. The number of carbonyl (C=O) groups excluding carboxylic acids is 1. The number of Topliss-reactive ketones (excluding diaryl/α,β-unsaturated/α-hetero) is 1. The molecule has 2 aliphatic rings. The van der Waals surface area contributed by atoms with Gasteiger partial charge in [-0.1, -0.05) is 0 Å². The maximum absolute atomic E-state index is 12.0. The predicted octanol–water partition coefficient (Wildman–Crippen LogP) is -3.33. The van der Waals surface area contributed by atoms with Crippen LogP contribution in [0.25, 0.3) is 0 Å². The third-order valence-corrected chi connectivity index (χ3v) is 9.62. The minimum Gasteiger partial charge on any atom is -1.00 e. The number of rotatable bonds is 3. The zero-order valence-electron chi connectivity index (χ0n) is 11.3. The molecule has 0 radical (unpaired) electrons. The Morgan fingerprint density at radius 3 is 2.11 bits per heavy atom. The molecule has 99 valence electrons. The Balaban J connectivity index is 0.00000144. The van der Waals surface area contributed by atoms with E-state index in [1.54, 1.807) is 0 Å². The van der Waals surface area contributed by atoms with Gasteiger partial charge in [0.25, 0.3) is 0 Å². The van der Waals surface area contributed by atoms with E-state index in [4.69, 9.17) is 4.43 Å². The van der Waals surface area contributed by atoms with Gasteiger partial charge >= 0.3 is 111 Å². The average Bonchev–Trinajstić information content (AvgIpc) is 2.69. The van der Waals surface area contributed by atoms with Crippen molar-refractivity contribution in [2.45, 2.75) is 39.2 Å². The van der Waals surface area contributed by atoms with E-state index in [1.807, 2.05) is 20.4 Å². The first-order valence-electron chi connectivity index (χ1n) is 5.67. The van der Waals surface area contributed by atoms with Crippen molar-refractivity contribution in [3.63, 3.8) is 0 Å². The molecule has 18 heavy (non-hydrogen) atoms. The molecule has 0 bridgehead atoms. The van der Waals surface area contributed by atoms with Gasteiger partial charge in [-0.3, -0.25) is 0 Å². The molecule has 0 aromatic carbocycles. The summed E-state index contributed by atoms with van der Waals surface area (Å²) in [6, 6.07) is 1.20. The van der Waals surface area contributed by atoms with Gasteiger partial charge in [0.2, 0.25) is 0 Å². The van der Waals surface area contributed by atoms with Crippen molar-refractivity contribution in [1.82, 2.24) is 0 Å². The third kappa shape index (κ3) is 2.74. The maximum Gasteiger partial charge on any atom is -1.00 e. The number of hydrogen-bond acceptors (Lipinski definition) is 2. The Labute approximate surface area is 135 Å². The van der Waals surface area contributed by atoms with Crippen molar-refractivity contribution in [3.8, 4) is 0 Å². The summed E-state index contributed by atoms with van der Waals surface area (Å²) in [4.78, 5) is 12.0. The van der Waals surface area contributed by atoms with Crippen molar-refractivity contribution in [3.05, 3.63) is 20.0 Å². The van der Waals surface area contributed by atoms with Crippen LogP contribution in [0.2, 0.25) is 32.2 Å². The first-order valence-corrected chi connectivity index (χ1v) is 12.6. The van der Waals surface area contributed by atoms with Crippen LogP contribution in [0.4, 0.5) is 0 Å². The Kier molecular flexibility index (Phi) is 5.79. The Morgan fingerprint density at radius 2 is 1.72 bits per heavy atom. The Bertz CT molecular complexity index is 454. The zero-order valence-corrected chi connectivity index (χ0v) is 16.4. The topological polar surface area (TPSA) is 26.3 Å². The summed E-state index contributed by atoms with van der Waals surface area (Å²) in [5.74, 6) is 0.883. The summed E-state index contributed by atoms with van der Waals surface area (Å²) in [6.45, 7) is 11.0. The van der Waals surface area contributed by atoms with Crippen molar-refractivity contribution in [2.24, 2.45) is 0 Å². The van der Waals surface area contributed by atoms with Gasteiger partial charge in [-0.05, 0) is 0 Å². The van der Waals surface area contributed by atoms with E-state index < -0.39 is 16.4 Å². The van der Waals surface area contributed by atoms with E-state index in [0.717, 1.165) is 9.64 Å². The van der Waals surface area contributed by atoms with Crippen LogP contribution in [0.5, 0.6) is 0 Å². The summed E-state index contributed by atoms with van der Waals surface area (Å²) in [5, 5.41) is 2.73. The molecular weight excluding hydrogens is 339 g/mol. The number of halogens is 2. The molecule has 1 heterocycles. The quantitative estimate of drug-likeness (QED) is 0.495. The summed E-state index contributed by atoms with van der Waals surface area (Å²) in [5.41, 5.74) is 0. The Morgan fingerprint density at radius 1 is 1.22 bits per heavy atom. The number of carbonyl (C=O) groups is 1. The molecular formula is C11H17Cl2O2Si2Ti. The molecule has 1 fully saturated rings. The first kappa shape index (κ1) is 18.7. The van der Waals surface area contributed by atoms with Crippen LogP contribution in [0.3, 0.4) is 0 Å². The van der Waals surface area contributed by atoms with Gasteiger partial charge < -0.3 is 24.8 Å². The van der Waals surface area contributed by atoms with Crippen LogP contribution in [-0.4, -0.2) is 22.2 Å². The first-order chi connectivity index (χ1) is 7.22. The minimum absolute atomic E-state index is 0. The monoisotopic (exact) mass is 355 g/mol. The van der Waals surface area contributed by atoms with E-state index in [-0.39, 0.29) is 30.6 Å². The van der Waals surface area contributed by atoms with Crippen LogP contribution in [0, 0.1) is 0 Å². The van der Waals surface area contributed by atoms with Crippen molar-refractivity contribution < 1.29 is 54.5 Å². The second kappa shape index (κ2) is 5.58. The van der Waals surface area contributed by atoms with E-state index in [2.05, 4.69) is 33.1 Å². The van der Waals surface area contributed by atoms with E-state index in [0.29, 0.717) is 0 Å². The maximum atomic E-state index is 12.0. The number of ketones is 1. The molecule has 1 unspecified atom stereocenters. The molecule has 0 amide bonds. The van der Waals surface area contributed by atoms with Crippen LogP contribution in [0.1, 0.15) is 6.92 Å². The van der Waals surface area contributed by atoms with E-state index in [1.165, 1.54) is 16.4 Å². The normalized spacial score (nSPS) is 25.6. The standard InChI is InChI=1S/C11H17O2Si2.2ClH.Ti/c1-6-15(5)9-7-8(12)10(11(9)15)13-14(2,3)4;;;/h6H2,1-5H3;2*1H;/q;;;+2/p-2. The van der Waals surface area contributed by atoms with Gasteiger partial charge in [0.15, 0.2) is 0 Å². The molecule has 2 rings (SSSR count). The number of fused-ring (bicyclic) bond motifs is 1. The van der Waals surface area contributed by atoms with Gasteiger partial charge in [-0.15, -0.1) is 0 Å². The van der Waals surface area contributed by atoms with Gasteiger partial charge in [-0.25, -0.2) is 0 Å². The molecule has 0 spiro atoms. The summed E-state index contributed by atoms with van der Waals surface area (Å²) in [6.07, 6.45) is 0.